The Morgan fingerprint density at radius 2 is 1.52 bits per heavy atom. The molecule has 0 aliphatic carbocycles. The lowest BCUT2D eigenvalue weighted by atomic mass is 10.0. The van der Waals surface area contributed by atoms with E-state index in [1.165, 1.54) is 14.2 Å². The van der Waals surface area contributed by atoms with Crippen molar-refractivity contribution in [1.29, 1.82) is 0 Å². The highest BCUT2D eigenvalue weighted by Crippen LogP contribution is 2.39. The van der Waals surface area contributed by atoms with Crippen molar-refractivity contribution in [2.24, 2.45) is 0 Å². The molecule has 1 atom stereocenters. The van der Waals surface area contributed by atoms with Crippen LogP contribution in [0, 0.1) is 17.5 Å². The standard InChI is InChI=1S/C15H12BrF3O2/c1-20-8-3-4-14(21-2)10(5-8)15(16)9-6-12(18)13(19)7-11(9)17/h3-7,15H,1-2H3. The van der Waals surface area contributed by atoms with E-state index < -0.39 is 22.3 Å². The van der Waals surface area contributed by atoms with Crippen LogP contribution in [-0.4, -0.2) is 14.2 Å². The van der Waals surface area contributed by atoms with Crippen LogP contribution in [0.4, 0.5) is 13.2 Å². The lowest BCUT2D eigenvalue weighted by Gasteiger charge is -2.16. The minimum Gasteiger partial charge on any atom is -0.497 e. The molecule has 0 saturated heterocycles. The van der Waals surface area contributed by atoms with Gasteiger partial charge in [0.25, 0.3) is 0 Å². The van der Waals surface area contributed by atoms with E-state index in [1.54, 1.807) is 18.2 Å². The molecule has 21 heavy (non-hydrogen) atoms. The van der Waals surface area contributed by atoms with Gasteiger partial charge in [-0.15, -0.1) is 0 Å². The van der Waals surface area contributed by atoms with E-state index in [-0.39, 0.29) is 5.56 Å². The second-order valence-corrected chi connectivity index (χ2v) is 5.17. The smallest absolute Gasteiger partial charge is 0.161 e. The molecule has 1 unspecified atom stereocenters. The first kappa shape index (κ1) is 15.7. The molecule has 2 nitrogen and oxygen atoms in total. The summed E-state index contributed by atoms with van der Waals surface area (Å²) >= 11 is 3.29. The minimum absolute atomic E-state index is 0.0274. The average Bonchev–Trinajstić information content (AvgIpc) is 2.49. The van der Waals surface area contributed by atoms with Gasteiger partial charge in [0.05, 0.1) is 19.0 Å². The lowest BCUT2D eigenvalue weighted by Crippen LogP contribution is -2.02. The fraction of sp³-hybridized carbons (Fsp3) is 0.200. The molecule has 0 heterocycles. The number of ether oxygens (including phenoxy) is 2. The van der Waals surface area contributed by atoms with Crippen LogP contribution in [0.5, 0.6) is 11.5 Å². The number of rotatable bonds is 4. The van der Waals surface area contributed by atoms with Crippen LogP contribution in [0.1, 0.15) is 16.0 Å². The van der Waals surface area contributed by atoms with Gasteiger partial charge in [0.2, 0.25) is 0 Å². The van der Waals surface area contributed by atoms with E-state index in [1.807, 2.05) is 0 Å². The Morgan fingerprint density at radius 3 is 2.14 bits per heavy atom. The van der Waals surface area contributed by atoms with Crippen molar-refractivity contribution in [2.75, 3.05) is 14.2 Å². The maximum absolute atomic E-state index is 13.9. The predicted octanol–water partition coefficient (Wildman–Crippen LogP) is 4.61. The van der Waals surface area contributed by atoms with Gasteiger partial charge in [-0.1, -0.05) is 15.9 Å². The van der Waals surface area contributed by atoms with E-state index in [0.717, 1.165) is 6.07 Å². The number of hydrogen-bond acceptors (Lipinski definition) is 2. The van der Waals surface area contributed by atoms with Crippen LogP contribution >= 0.6 is 15.9 Å². The second kappa shape index (κ2) is 6.39. The fourth-order valence-electron chi connectivity index (χ4n) is 1.94. The number of halogens is 4. The number of alkyl halides is 1. The molecule has 2 aromatic rings. The number of methoxy groups -OCH3 is 2. The van der Waals surface area contributed by atoms with Gasteiger partial charge in [0, 0.05) is 17.2 Å². The van der Waals surface area contributed by atoms with Crippen molar-refractivity contribution in [3.8, 4) is 11.5 Å². The van der Waals surface area contributed by atoms with E-state index in [9.17, 15) is 13.2 Å². The third kappa shape index (κ3) is 3.15. The SMILES string of the molecule is COc1ccc(OC)c(C(Br)c2cc(F)c(F)cc2F)c1. The molecule has 0 aromatic heterocycles. The molecule has 2 rings (SSSR count). The van der Waals surface area contributed by atoms with Crippen LogP contribution in [0.2, 0.25) is 0 Å². The topological polar surface area (TPSA) is 18.5 Å². The summed E-state index contributed by atoms with van der Waals surface area (Å²) in [7, 11) is 2.96. The monoisotopic (exact) mass is 360 g/mol. The summed E-state index contributed by atoms with van der Waals surface area (Å²) < 4.78 is 50.5. The fourth-order valence-corrected chi connectivity index (χ4v) is 2.65. The van der Waals surface area contributed by atoms with E-state index >= 15 is 0 Å². The summed E-state index contributed by atoms with van der Waals surface area (Å²) in [6, 6.07) is 6.32. The first-order chi connectivity index (χ1) is 9.97. The first-order valence-electron chi connectivity index (χ1n) is 5.98. The molecule has 0 radical (unpaired) electrons. The van der Waals surface area contributed by atoms with Gasteiger partial charge in [0.15, 0.2) is 11.6 Å². The molecule has 0 fully saturated rings. The zero-order valence-electron chi connectivity index (χ0n) is 11.3. The number of benzene rings is 2. The van der Waals surface area contributed by atoms with Crippen LogP contribution in [0.15, 0.2) is 30.3 Å². The quantitative estimate of drug-likeness (QED) is 0.585. The van der Waals surface area contributed by atoms with Gasteiger partial charge >= 0.3 is 0 Å². The Morgan fingerprint density at radius 1 is 0.857 bits per heavy atom. The molecule has 112 valence electrons. The summed E-state index contributed by atoms with van der Waals surface area (Å²) in [5, 5.41) is 0. The van der Waals surface area contributed by atoms with Gasteiger partial charge in [-0.25, -0.2) is 13.2 Å². The summed E-state index contributed by atoms with van der Waals surface area (Å²) in [6.07, 6.45) is 0. The number of hydrogen-bond donors (Lipinski definition) is 0. The maximum Gasteiger partial charge on any atom is 0.161 e. The van der Waals surface area contributed by atoms with E-state index in [0.29, 0.717) is 23.1 Å². The summed E-state index contributed by atoms with van der Waals surface area (Å²) in [6.45, 7) is 0. The minimum atomic E-state index is -1.23. The maximum atomic E-state index is 13.9. The van der Waals surface area contributed by atoms with Crippen molar-refractivity contribution in [3.05, 3.63) is 58.9 Å². The highest BCUT2D eigenvalue weighted by Gasteiger charge is 2.21. The van der Waals surface area contributed by atoms with Crippen LogP contribution in [-0.2, 0) is 0 Å². The van der Waals surface area contributed by atoms with Crippen molar-refractivity contribution in [1.82, 2.24) is 0 Å². The van der Waals surface area contributed by atoms with E-state index in [2.05, 4.69) is 15.9 Å². The van der Waals surface area contributed by atoms with Crippen molar-refractivity contribution in [3.63, 3.8) is 0 Å². The van der Waals surface area contributed by atoms with Gasteiger partial charge in [-0.2, -0.15) is 0 Å². The summed E-state index contributed by atoms with van der Waals surface area (Å²) in [5.41, 5.74) is 0.516. The average molecular weight is 361 g/mol. The Kier molecular flexibility index (Phi) is 4.77. The zero-order valence-corrected chi connectivity index (χ0v) is 12.9. The molecule has 0 saturated carbocycles. The third-order valence-corrected chi connectivity index (χ3v) is 4.01. The van der Waals surface area contributed by atoms with Crippen molar-refractivity contribution in [2.45, 2.75) is 4.83 Å². The van der Waals surface area contributed by atoms with Gasteiger partial charge in [-0.3, -0.25) is 0 Å². The van der Waals surface area contributed by atoms with Crippen LogP contribution in [0.3, 0.4) is 0 Å². The second-order valence-electron chi connectivity index (χ2n) is 4.26. The van der Waals surface area contributed by atoms with E-state index in [4.69, 9.17) is 9.47 Å². The van der Waals surface area contributed by atoms with Crippen molar-refractivity contribution >= 4 is 15.9 Å². The zero-order chi connectivity index (χ0) is 15.6. The Balaban J connectivity index is 2.53. The molecule has 0 aliphatic heterocycles. The Labute approximate surface area is 128 Å². The van der Waals surface area contributed by atoms with Gasteiger partial charge < -0.3 is 9.47 Å². The molecule has 0 spiro atoms. The highest BCUT2D eigenvalue weighted by molar-refractivity contribution is 9.09. The Hall–Kier alpha value is -1.69. The third-order valence-electron chi connectivity index (χ3n) is 3.02. The summed E-state index contributed by atoms with van der Waals surface area (Å²) in [5.74, 6) is -2.17. The van der Waals surface area contributed by atoms with Crippen LogP contribution in [0.25, 0.3) is 0 Å². The molecule has 2 aromatic carbocycles. The Bertz CT molecular complexity index is 662. The predicted molar refractivity (Wildman–Crippen MR) is 76.6 cm³/mol. The molecular weight excluding hydrogens is 349 g/mol. The highest BCUT2D eigenvalue weighted by atomic mass is 79.9. The molecule has 0 N–H and O–H groups in total. The van der Waals surface area contributed by atoms with Gasteiger partial charge in [-0.05, 0) is 24.3 Å². The molecule has 0 amide bonds. The normalized spacial score (nSPS) is 12.1. The van der Waals surface area contributed by atoms with Crippen LogP contribution < -0.4 is 9.47 Å². The lowest BCUT2D eigenvalue weighted by molar-refractivity contribution is 0.399. The first-order valence-corrected chi connectivity index (χ1v) is 6.90. The van der Waals surface area contributed by atoms with Gasteiger partial charge in [0.1, 0.15) is 17.3 Å². The molecule has 6 heteroatoms. The molecule has 0 bridgehead atoms. The molecular formula is C15H12BrF3O2. The van der Waals surface area contributed by atoms with Crippen molar-refractivity contribution < 1.29 is 22.6 Å². The largest absolute Gasteiger partial charge is 0.497 e. The molecule has 0 aliphatic rings. The summed E-state index contributed by atoms with van der Waals surface area (Å²) in [4.78, 5) is -0.711.